The Morgan fingerprint density at radius 3 is 2.59 bits per heavy atom. The van der Waals surface area contributed by atoms with Gasteiger partial charge in [-0.3, -0.25) is 18.5 Å². The molecule has 0 spiro atoms. The van der Waals surface area contributed by atoms with Crippen molar-refractivity contribution < 1.29 is 4.74 Å². The fourth-order valence-electron chi connectivity index (χ4n) is 5.22. The largest absolute Gasteiger partial charge is 0.438 e. The zero-order valence-electron chi connectivity index (χ0n) is 22.9. The van der Waals surface area contributed by atoms with E-state index in [2.05, 4.69) is 26.7 Å². The molecule has 1 aliphatic heterocycles. The molecule has 0 radical (unpaired) electrons. The molecule has 0 amide bonds. The van der Waals surface area contributed by atoms with Crippen LogP contribution in [0.1, 0.15) is 25.6 Å². The molecular formula is C30H30N8O3. The molecule has 0 aliphatic carbocycles. The fourth-order valence-corrected chi connectivity index (χ4v) is 5.22. The first-order valence-electron chi connectivity index (χ1n) is 13.5. The number of hydrogen-bond acceptors (Lipinski definition) is 8. The van der Waals surface area contributed by atoms with Crippen LogP contribution in [-0.2, 0) is 20.1 Å². The highest BCUT2D eigenvalue weighted by Gasteiger charge is 2.26. The molecule has 6 rings (SSSR count). The number of benzene rings is 2. The number of aryl methyl sites for hydroxylation is 1. The molecule has 1 fully saturated rings. The Morgan fingerprint density at radius 2 is 1.80 bits per heavy atom. The molecule has 11 heteroatoms. The lowest BCUT2D eigenvalue weighted by Gasteiger charge is -2.31. The van der Waals surface area contributed by atoms with Crippen LogP contribution < -0.4 is 26.6 Å². The zero-order chi connectivity index (χ0) is 28.5. The van der Waals surface area contributed by atoms with Crippen LogP contribution in [-0.4, -0.2) is 47.8 Å². The second kappa shape index (κ2) is 10.9. The summed E-state index contributed by atoms with van der Waals surface area (Å²) in [6.45, 7) is 3.22. The number of nitrogens with two attached hydrogens (primary N) is 1. The van der Waals surface area contributed by atoms with Gasteiger partial charge in [0.2, 0.25) is 11.8 Å². The number of anilines is 1. The minimum Gasteiger partial charge on any atom is -0.438 e. The van der Waals surface area contributed by atoms with Gasteiger partial charge in [0.05, 0.1) is 24.0 Å². The van der Waals surface area contributed by atoms with Gasteiger partial charge in [-0.2, -0.15) is 9.97 Å². The minimum atomic E-state index is -0.516. The van der Waals surface area contributed by atoms with Crippen molar-refractivity contribution in [2.45, 2.75) is 38.9 Å². The summed E-state index contributed by atoms with van der Waals surface area (Å²) >= 11 is 0. The zero-order valence-corrected chi connectivity index (χ0v) is 22.9. The third kappa shape index (κ3) is 4.94. The van der Waals surface area contributed by atoms with E-state index in [4.69, 9.17) is 15.5 Å². The predicted molar refractivity (Wildman–Crippen MR) is 157 cm³/mol. The molecule has 208 valence electrons. The van der Waals surface area contributed by atoms with Crippen LogP contribution in [0.4, 0.5) is 5.95 Å². The molecule has 41 heavy (non-hydrogen) atoms. The van der Waals surface area contributed by atoms with Crippen LogP contribution in [0.15, 0.2) is 64.2 Å². The van der Waals surface area contributed by atoms with Crippen molar-refractivity contribution in [3.8, 4) is 23.5 Å². The molecule has 2 aromatic carbocycles. The quantitative estimate of drug-likeness (QED) is 0.320. The lowest BCUT2D eigenvalue weighted by Crippen LogP contribution is -2.44. The topological polar surface area (TPSA) is 126 Å². The number of para-hydroxylation sites is 2. The molecule has 5 aromatic rings. The molecule has 0 saturated carbocycles. The highest BCUT2D eigenvalue weighted by Crippen LogP contribution is 2.27. The van der Waals surface area contributed by atoms with Crippen molar-refractivity contribution in [1.29, 1.82) is 0 Å². The number of piperidine rings is 1. The number of ether oxygens (including phenoxy) is 1. The van der Waals surface area contributed by atoms with Crippen LogP contribution in [0.3, 0.4) is 0 Å². The third-order valence-corrected chi connectivity index (χ3v) is 7.24. The van der Waals surface area contributed by atoms with Crippen molar-refractivity contribution in [2.24, 2.45) is 12.8 Å². The molecular weight excluding hydrogens is 520 g/mol. The highest BCUT2D eigenvalue weighted by atomic mass is 16.5. The van der Waals surface area contributed by atoms with E-state index in [1.54, 1.807) is 18.5 Å². The second-order valence-corrected chi connectivity index (χ2v) is 10.1. The van der Waals surface area contributed by atoms with E-state index in [9.17, 15) is 9.59 Å². The SMILES string of the molecule is CC#CCn1c(N2CCCC(N)C2)nc2c1c(=O)n(Cc1nc(Oc3ccccc3)c3ccccc3n1)c(=O)n2C. The van der Waals surface area contributed by atoms with Gasteiger partial charge in [0.25, 0.3) is 5.56 Å². The van der Waals surface area contributed by atoms with E-state index in [1.165, 1.54) is 4.57 Å². The molecule has 4 heterocycles. The summed E-state index contributed by atoms with van der Waals surface area (Å²) in [5.74, 6) is 7.77. The Balaban J connectivity index is 1.49. The average molecular weight is 551 g/mol. The molecule has 1 aliphatic rings. The number of aromatic nitrogens is 6. The van der Waals surface area contributed by atoms with E-state index in [0.717, 1.165) is 29.3 Å². The van der Waals surface area contributed by atoms with Crippen molar-refractivity contribution in [2.75, 3.05) is 18.0 Å². The van der Waals surface area contributed by atoms with Gasteiger partial charge < -0.3 is 15.4 Å². The van der Waals surface area contributed by atoms with Crippen LogP contribution in [0.5, 0.6) is 11.6 Å². The van der Waals surface area contributed by atoms with Gasteiger partial charge in [0.1, 0.15) is 5.75 Å². The Labute approximate surface area is 235 Å². The molecule has 3 aromatic heterocycles. The molecule has 1 saturated heterocycles. The molecule has 1 atom stereocenters. The van der Waals surface area contributed by atoms with Crippen molar-refractivity contribution >= 4 is 28.0 Å². The summed E-state index contributed by atoms with van der Waals surface area (Å²) in [6.07, 6.45) is 1.85. The number of imidazole rings is 1. The first-order chi connectivity index (χ1) is 19.9. The van der Waals surface area contributed by atoms with Gasteiger partial charge in [0, 0.05) is 26.2 Å². The van der Waals surface area contributed by atoms with Gasteiger partial charge in [-0.05, 0) is 44.0 Å². The number of fused-ring (bicyclic) bond motifs is 2. The third-order valence-electron chi connectivity index (χ3n) is 7.24. The Hall–Kier alpha value is -4.95. The summed E-state index contributed by atoms with van der Waals surface area (Å²) < 4.78 is 10.4. The summed E-state index contributed by atoms with van der Waals surface area (Å²) in [7, 11) is 1.61. The van der Waals surface area contributed by atoms with E-state index < -0.39 is 11.2 Å². The molecule has 1 unspecified atom stereocenters. The number of nitrogens with zero attached hydrogens (tertiary/aromatic N) is 7. The normalized spacial score (nSPS) is 15.2. The second-order valence-electron chi connectivity index (χ2n) is 10.1. The summed E-state index contributed by atoms with van der Waals surface area (Å²) in [6, 6.07) is 16.8. The van der Waals surface area contributed by atoms with Crippen molar-refractivity contribution in [3.63, 3.8) is 0 Å². The van der Waals surface area contributed by atoms with E-state index in [1.807, 2.05) is 54.6 Å². The van der Waals surface area contributed by atoms with Gasteiger partial charge >= 0.3 is 5.69 Å². The van der Waals surface area contributed by atoms with Gasteiger partial charge in [0.15, 0.2) is 17.0 Å². The van der Waals surface area contributed by atoms with E-state index in [0.29, 0.717) is 40.8 Å². The van der Waals surface area contributed by atoms with Gasteiger partial charge in [-0.15, -0.1) is 5.92 Å². The highest BCUT2D eigenvalue weighted by molar-refractivity contribution is 5.83. The van der Waals surface area contributed by atoms with E-state index in [-0.39, 0.29) is 25.0 Å². The van der Waals surface area contributed by atoms with Crippen molar-refractivity contribution in [1.82, 2.24) is 28.7 Å². The maximum Gasteiger partial charge on any atom is 0.332 e. The average Bonchev–Trinajstić information content (AvgIpc) is 3.37. The maximum atomic E-state index is 14.0. The van der Waals surface area contributed by atoms with Gasteiger partial charge in [-0.25, -0.2) is 9.78 Å². The molecule has 11 nitrogen and oxygen atoms in total. The van der Waals surface area contributed by atoms with Crippen LogP contribution in [0.2, 0.25) is 0 Å². The van der Waals surface area contributed by atoms with Crippen LogP contribution in [0.25, 0.3) is 22.1 Å². The number of rotatable bonds is 6. The molecule has 2 N–H and O–H groups in total. The molecule has 0 bridgehead atoms. The maximum absolute atomic E-state index is 14.0. The standard InChI is InChI=1S/C30H30N8O3/c1-3-4-17-37-25-26(34-29(37)36-16-10-11-20(31)18-36)35(2)30(40)38(28(25)39)19-24-32-23-15-9-8-14-22(23)27(33-24)41-21-12-6-5-7-13-21/h5-9,12-15,20H,10-11,16-19,31H2,1-2H3. The van der Waals surface area contributed by atoms with E-state index >= 15 is 0 Å². The number of hydrogen-bond donors (Lipinski definition) is 1. The van der Waals surface area contributed by atoms with Crippen LogP contribution >= 0.6 is 0 Å². The lowest BCUT2D eigenvalue weighted by molar-refractivity contribution is 0.463. The first kappa shape index (κ1) is 26.3. The summed E-state index contributed by atoms with van der Waals surface area (Å²) in [5, 5.41) is 0.719. The Kier molecular flexibility index (Phi) is 6.99. The Morgan fingerprint density at radius 1 is 1.02 bits per heavy atom. The van der Waals surface area contributed by atoms with Crippen molar-refractivity contribution in [3.05, 3.63) is 81.3 Å². The predicted octanol–water partition coefficient (Wildman–Crippen LogP) is 2.63. The first-order valence-corrected chi connectivity index (χ1v) is 13.5. The lowest BCUT2D eigenvalue weighted by atomic mass is 10.1. The summed E-state index contributed by atoms with van der Waals surface area (Å²) in [5.41, 5.74) is 6.49. The van der Waals surface area contributed by atoms with Crippen LogP contribution in [0, 0.1) is 11.8 Å². The smallest absolute Gasteiger partial charge is 0.332 e. The fraction of sp³-hybridized carbons (Fsp3) is 0.300. The monoisotopic (exact) mass is 550 g/mol. The summed E-state index contributed by atoms with van der Waals surface area (Å²) in [4.78, 5) is 43.7. The Bertz CT molecular complexity index is 1930. The van der Waals surface area contributed by atoms with Gasteiger partial charge in [-0.1, -0.05) is 36.3 Å². The minimum absolute atomic E-state index is 0.00658.